The molecule has 0 unspecified atom stereocenters. The highest BCUT2D eigenvalue weighted by Gasteiger charge is 2.12. The van der Waals surface area contributed by atoms with Crippen LogP contribution < -0.4 is 10.1 Å². The molecule has 0 fully saturated rings. The number of aryl methyl sites for hydroxylation is 1. The average Bonchev–Trinajstić information content (AvgIpc) is 2.41. The number of hydrogen-bond acceptors (Lipinski definition) is 2. The fourth-order valence-electron chi connectivity index (χ4n) is 1.92. The molecule has 0 aliphatic heterocycles. The number of hydrogen-bond donors (Lipinski definition) is 1. The van der Waals surface area contributed by atoms with E-state index in [-0.39, 0.29) is 5.54 Å². The smallest absolute Gasteiger partial charge is 0.146 e. The summed E-state index contributed by atoms with van der Waals surface area (Å²) in [5, 5.41) is 4.10. The van der Waals surface area contributed by atoms with Gasteiger partial charge in [-0.15, -0.1) is 0 Å². The topological polar surface area (TPSA) is 21.3 Å². The third-order valence-corrected chi connectivity index (χ3v) is 3.40. The van der Waals surface area contributed by atoms with E-state index in [1.807, 2.05) is 43.3 Å². The molecule has 0 aliphatic rings. The van der Waals surface area contributed by atoms with Crippen molar-refractivity contribution in [3.8, 4) is 11.5 Å². The van der Waals surface area contributed by atoms with Gasteiger partial charge in [-0.25, -0.2) is 0 Å². The summed E-state index contributed by atoms with van der Waals surface area (Å²) >= 11 is 6.21. The third-order valence-electron chi connectivity index (χ3n) is 3.09. The van der Waals surface area contributed by atoms with Gasteiger partial charge >= 0.3 is 0 Å². The van der Waals surface area contributed by atoms with Gasteiger partial charge in [0.2, 0.25) is 0 Å². The fourth-order valence-corrected chi connectivity index (χ4v) is 2.07. The minimum Gasteiger partial charge on any atom is -0.455 e. The lowest BCUT2D eigenvalue weighted by Crippen LogP contribution is -2.35. The van der Waals surface area contributed by atoms with Crippen molar-refractivity contribution in [2.24, 2.45) is 0 Å². The lowest BCUT2D eigenvalue weighted by atomic mass is 10.1. The summed E-state index contributed by atoms with van der Waals surface area (Å²) in [5.74, 6) is 1.53. The first kappa shape index (κ1) is 15.9. The normalized spacial score (nSPS) is 11.5. The molecule has 2 nitrogen and oxygen atoms in total. The molecule has 0 radical (unpaired) electrons. The number of para-hydroxylation sites is 1. The molecule has 2 rings (SSSR count). The van der Waals surface area contributed by atoms with Crippen LogP contribution in [0.25, 0.3) is 0 Å². The van der Waals surface area contributed by atoms with Crippen LogP contribution >= 0.6 is 11.6 Å². The minimum absolute atomic E-state index is 0.0636. The molecule has 0 saturated heterocycles. The van der Waals surface area contributed by atoms with Crippen molar-refractivity contribution in [3.05, 3.63) is 58.6 Å². The molecule has 3 heteroatoms. The SMILES string of the molecule is Cc1ccc(Cl)c(Oc2ccccc2CNC(C)(C)C)c1. The zero-order valence-electron chi connectivity index (χ0n) is 13.0. The van der Waals surface area contributed by atoms with E-state index in [2.05, 4.69) is 32.2 Å². The van der Waals surface area contributed by atoms with Gasteiger partial charge in [-0.3, -0.25) is 0 Å². The molecule has 0 aliphatic carbocycles. The summed E-state index contributed by atoms with van der Waals surface area (Å²) in [6.07, 6.45) is 0. The Morgan fingerprint density at radius 1 is 1.05 bits per heavy atom. The molecule has 0 spiro atoms. The molecule has 0 atom stereocenters. The second-order valence-corrected chi connectivity index (χ2v) is 6.65. The Balaban J connectivity index is 2.22. The molecule has 2 aromatic carbocycles. The predicted molar refractivity (Wildman–Crippen MR) is 89.3 cm³/mol. The Hall–Kier alpha value is -1.51. The number of ether oxygens (including phenoxy) is 1. The number of benzene rings is 2. The van der Waals surface area contributed by atoms with Crippen LogP contribution in [0, 0.1) is 6.92 Å². The molecule has 0 saturated carbocycles. The van der Waals surface area contributed by atoms with Gasteiger partial charge in [0, 0.05) is 17.6 Å². The lowest BCUT2D eigenvalue weighted by molar-refractivity contribution is 0.414. The first-order valence-electron chi connectivity index (χ1n) is 7.12. The number of halogens is 1. The molecule has 112 valence electrons. The molecular formula is C18H22ClNO. The van der Waals surface area contributed by atoms with E-state index in [1.54, 1.807) is 0 Å². The summed E-state index contributed by atoms with van der Waals surface area (Å²) in [7, 11) is 0. The second-order valence-electron chi connectivity index (χ2n) is 6.25. The quantitative estimate of drug-likeness (QED) is 0.824. The summed E-state index contributed by atoms with van der Waals surface area (Å²) in [4.78, 5) is 0. The predicted octanol–water partition coefficient (Wildman–Crippen LogP) is 5.33. The van der Waals surface area contributed by atoms with Crippen molar-refractivity contribution in [3.63, 3.8) is 0 Å². The highest BCUT2D eigenvalue weighted by atomic mass is 35.5. The summed E-state index contributed by atoms with van der Waals surface area (Å²) < 4.78 is 6.01. The maximum atomic E-state index is 6.21. The summed E-state index contributed by atoms with van der Waals surface area (Å²) in [6, 6.07) is 13.8. The van der Waals surface area contributed by atoms with Gasteiger partial charge < -0.3 is 10.1 Å². The number of nitrogens with one attached hydrogen (secondary N) is 1. The Kier molecular flexibility index (Phi) is 4.92. The van der Waals surface area contributed by atoms with E-state index >= 15 is 0 Å². The van der Waals surface area contributed by atoms with Crippen LogP contribution in [-0.4, -0.2) is 5.54 Å². The maximum absolute atomic E-state index is 6.21. The van der Waals surface area contributed by atoms with Crippen LogP contribution in [0.2, 0.25) is 5.02 Å². The highest BCUT2D eigenvalue weighted by molar-refractivity contribution is 6.32. The molecular weight excluding hydrogens is 282 g/mol. The van der Waals surface area contributed by atoms with Gasteiger partial charge in [0.1, 0.15) is 11.5 Å². The van der Waals surface area contributed by atoms with Crippen LogP contribution in [0.4, 0.5) is 0 Å². The van der Waals surface area contributed by atoms with Crippen molar-refractivity contribution in [1.82, 2.24) is 5.32 Å². The van der Waals surface area contributed by atoms with Gasteiger partial charge in [-0.05, 0) is 51.5 Å². The van der Waals surface area contributed by atoms with E-state index in [0.717, 1.165) is 23.4 Å². The van der Waals surface area contributed by atoms with Gasteiger partial charge in [0.25, 0.3) is 0 Å². The third kappa shape index (κ3) is 4.76. The summed E-state index contributed by atoms with van der Waals surface area (Å²) in [6.45, 7) is 9.22. The van der Waals surface area contributed by atoms with Crippen molar-refractivity contribution in [2.45, 2.75) is 39.8 Å². The Morgan fingerprint density at radius 2 is 1.76 bits per heavy atom. The van der Waals surface area contributed by atoms with E-state index < -0.39 is 0 Å². The number of rotatable bonds is 4. The van der Waals surface area contributed by atoms with Crippen molar-refractivity contribution < 1.29 is 4.74 Å². The molecule has 2 aromatic rings. The molecule has 21 heavy (non-hydrogen) atoms. The Bertz CT molecular complexity index is 617. The first-order valence-corrected chi connectivity index (χ1v) is 7.50. The van der Waals surface area contributed by atoms with Gasteiger partial charge in [0.15, 0.2) is 0 Å². The van der Waals surface area contributed by atoms with Crippen LogP contribution in [0.15, 0.2) is 42.5 Å². The van der Waals surface area contributed by atoms with Crippen molar-refractivity contribution in [1.29, 1.82) is 0 Å². The fraction of sp³-hybridized carbons (Fsp3) is 0.333. The van der Waals surface area contributed by atoms with Gasteiger partial charge in [0.05, 0.1) is 5.02 Å². The monoisotopic (exact) mass is 303 g/mol. The van der Waals surface area contributed by atoms with Crippen LogP contribution in [0.3, 0.4) is 0 Å². The second kappa shape index (κ2) is 6.50. The molecule has 0 heterocycles. The van der Waals surface area contributed by atoms with E-state index in [1.165, 1.54) is 0 Å². The van der Waals surface area contributed by atoms with Crippen molar-refractivity contribution in [2.75, 3.05) is 0 Å². The lowest BCUT2D eigenvalue weighted by Gasteiger charge is -2.21. The standard InChI is InChI=1S/C18H22ClNO/c1-13-9-10-15(19)17(11-13)21-16-8-6-5-7-14(16)12-20-18(2,3)4/h5-11,20H,12H2,1-4H3. The minimum atomic E-state index is 0.0636. The van der Waals surface area contributed by atoms with Gasteiger partial charge in [-0.2, -0.15) is 0 Å². The van der Waals surface area contributed by atoms with Crippen LogP contribution in [0.1, 0.15) is 31.9 Å². The summed E-state index contributed by atoms with van der Waals surface area (Å²) in [5.41, 5.74) is 2.30. The van der Waals surface area contributed by atoms with Gasteiger partial charge in [-0.1, -0.05) is 35.9 Å². The first-order chi connectivity index (χ1) is 9.85. The molecule has 0 bridgehead atoms. The average molecular weight is 304 g/mol. The molecule has 0 amide bonds. The van der Waals surface area contributed by atoms with Crippen molar-refractivity contribution >= 4 is 11.6 Å². The Labute approximate surface area is 132 Å². The van der Waals surface area contributed by atoms with E-state index in [9.17, 15) is 0 Å². The van der Waals surface area contributed by atoms with E-state index in [0.29, 0.717) is 10.8 Å². The zero-order chi connectivity index (χ0) is 15.5. The van der Waals surface area contributed by atoms with Crippen LogP contribution in [-0.2, 0) is 6.54 Å². The Morgan fingerprint density at radius 3 is 2.48 bits per heavy atom. The molecule has 1 N–H and O–H groups in total. The van der Waals surface area contributed by atoms with E-state index in [4.69, 9.17) is 16.3 Å². The zero-order valence-corrected chi connectivity index (χ0v) is 13.8. The highest BCUT2D eigenvalue weighted by Crippen LogP contribution is 2.32. The van der Waals surface area contributed by atoms with Crippen LogP contribution in [0.5, 0.6) is 11.5 Å². The largest absolute Gasteiger partial charge is 0.455 e. The molecule has 0 aromatic heterocycles. The maximum Gasteiger partial charge on any atom is 0.146 e.